The molecule has 1 aromatic rings. The fourth-order valence-electron chi connectivity index (χ4n) is 3.15. The van der Waals surface area contributed by atoms with Gasteiger partial charge in [0.25, 0.3) is 0 Å². The van der Waals surface area contributed by atoms with Gasteiger partial charge in [-0.25, -0.2) is 0 Å². The van der Waals surface area contributed by atoms with E-state index in [4.69, 9.17) is 0 Å². The number of nitrogens with one attached hydrogen (secondary N) is 1. The highest BCUT2D eigenvalue weighted by Crippen LogP contribution is 2.28. The summed E-state index contributed by atoms with van der Waals surface area (Å²) in [6.07, 6.45) is 0. The van der Waals surface area contributed by atoms with E-state index in [1.807, 2.05) is 0 Å². The Kier molecular flexibility index (Phi) is 7.41. The van der Waals surface area contributed by atoms with Crippen molar-refractivity contribution in [1.29, 1.82) is 0 Å². The van der Waals surface area contributed by atoms with Gasteiger partial charge in [-0.2, -0.15) is 0 Å². The molecule has 0 aliphatic rings. The Morgan fingerprint density at radius 2 is 1.52 bits per heavy atom. The number of hydrogen-bond acceptors (Lipinski definition) is 2. The monoisotopic (exact) mass is 290 g/mol. The van der Waals surface area contributed by atoms with Crippen molar-refractivity contribution in [2.75, 3.05) is 13.6 Å². The van der Waals surface area contributed by atoms with Crippen molar-refractivity contribution >= 4 is 0 Å². The van der Waals surface area contributed by atoms with Crippen LogP contribution in [-0.2, 0) is 0 Å². The van der Waals surface area contributed by atoms with Crippen molar-refractivity contribution in [3.05, 3.63) is 35.9 Å². The smallest absolute Gasteiger partial charge is 0.0480 e. The SMILES string of the molecule is CCNC(c1ccccc1)C(C(C)C)N(C)C(C)C(C)C. The molecule has 21 heavy (non-hydrogen) atoms. The second-order valence-electron chi connectivity index (χ2n) is 6.83. The van der Waals surface area contributed by atoms with Crippen molar-refractivity contribution in [2.45, 2.75) is 59.7 Å². The molecule has 1 N–H and O–H groups in total. The van der Waals surface area contributed by atoms with Gasteiger partial charge in [0.15, 0.2) is 0 Å². The summed E-state index contributed by atoms with van der Waals surface area (Å²) >= 11 is 0. The first kappa shape index (κ1) is 18.2. The van der Waals surface area contributed by atoms with Crippen LogP contribution in [0, 0.1) is 11.8 Å². The molecule has 1 aromatic carbocycles. The molecule has 1 rings (SSSR count). The van der Waals surface area contributed by atoms with Crippen molar-refractivity contribution < 1.29 is 0 Å². The third kappa shape index (κ3) is 4.82. The standard InChI is InChI=1S/C19H34N2/c1-8-20-18(17-12-10-9-11-13-17)19(15(4)5)21(7)16(6)14(2)3/h9-16,18-20H,8H2,1-7H3. The minimum atomic E-state index is 0.377. The highest BCUT2D eigenvalue weighted by molar-refractivity contribution is 5.21. The van der Waals surface area contributed by atoms with Crippen molar-refractivity contribution in [3.63, 3.8) is 0 Å². The van der Waals surface area contributed by atoms with Crippen LogP contribution in [0.1, 0.15) is 53.1 Å². The molecular formula is C19H34N2. The molecule has 2 heteroatoms. The van der Waals surface area contributed by atoms with E-state index in [1.165, 1.54) is 5.56 Å². The Labute approximate surface area is 131 Å². The van der Waals surface area contributed by atoms with Crippen LogP contribution in [-0.4, -0.2) is 30.6 Å². The van der Waals surface area contributed by atoms with Crippen LogP contribution < -0.4 is 5.32 Å². The summed E-state index contributed by atoms with van der Waals surface area (Å²) in [7, 11) is 2.28. The fraction of sp³-hybridized carbons (Fsp3) is 0.684. The average molecular weight is 290 g/mol. The predicted molar refractivity (Wildman–Crippen MR) is 93.5 cm³/mol. The molecule has 0 spiro atoms. The maximum Gasteiger partial charge on any atom is 0.0480 e. The van der Waals surface area contributed by atoms with E-state index in [9.17, 15) is 0 Å². The minimum Gasteiger partial charge on any atom is -0.309 e. The lowest BCUT2D eigenvalue weighted by atomic mass is 9.88. The van der Waals surface area contributed by atoms with Crippen LogP contribution in [0.4, 0.5) is 0 Å². The van der Waals surface area contributed by atoms with Crippen LogP contribution in [0.5, 0.6) is 0 Å². The molecular weight excluding hydrogens is 256 g/mol. The molecule has 0 aliphatic heterocycles. The van der Waals surface area contributed by atoms with Gasteiger partial charge in [-0.05, 0) is 37.9 Å². The normalized spacial score (nSPS) is 16.5. The zero-order valence-corrected chi connectivity index (χ0v) is 14.9. The molecule has 3 unspecified atom stereocenters. The summed E-state index contributed by atoms with van der Waals surface area (Å²) in [5.74, 6) is 1.26. The second-order valence-corrected chi connectivity index (χ2v) is 6.83. The van der Waals surface area contributed by atoms with Gasteiger partial charge in [-0.1, -0.05) is 65.0 Å². The lowest BCUT2D eigenvalue weighted by Gasteiger charge is -2.42. The summed E-state index contributed by atoms with van der Waals surface area (Å²) in [5, 5.41) is 3.71. The lowest BCUT2D eigenvalue weighted by Crippen LogP contribution is -2.50. The van der Waals surface area contributed by atoms with E-state index >= 15 is 0 Å². The first-order valence-electron chi connectivity index (χ1n) is 8.40. The molecule has 2 nitrogen and oxygen atoms in total. The van der Waals surface area contributed by atoms with E-state index in [0.29, 0.717) is 30.0 Å². The quantitative estimate of drug-likeness (QED) is 0.766. The van der Waals surface area contributed by atoms with E-state index < -0.39 is 0 Å². The van der Waals surface area contributed by atoms with Gasteiger partial charge in [-0.15, -0.1) is 0 Å². The topological polar surface area (TPSA) is 15.3 Å². The number of nitrogens with zero attached hydrogens (tertiary/aromatic N) is 1. The molecule has 0 aliphatic carbocycles. The maximum absolute atomic E-state index is 3.71. The third-order valence-corrected chi connectivity index (χ3v) is 4.68. The van der Waals surface area contributed by atoms with Crippen molar-refractivity contribution in [3.8, 4) is 0 Å². The van der Waals surface area contributed by atoms with Crippen LogP contribution in [0.3, 0.4) is 0 Å². The number of hydrogen-bond donors (Lipinski definition) is 1. The Hall–Kier alpha value is -0.860. The van der Waals surface area contributed by atoms with Gasteiger partial charge in [-0.3, -0.25) is 4.90 Å². The van der Waals surface area contributed by atoms with Crippen LogP contribution in [0.15, 0.2) is 30.3 Å². The van der Waals surface area contributed by atoms with Gasteiger partial charge in [0.1, 0.15) is 0 Å². The van der Waals surface area contributed by atoms with Gasteiger partial charge >= 0.3 is 0 Å². The number of likely N-dealkylation sites (N-methyl/N-ethyl adjacent to an activating group) is 2. The molecule has 0 heterocycles. The van der Waals surface area contributed by atoms with Crippen LogP contribution in [0.25, 0.3) is 0 Å². The summed E-state index contributed by atoms with van der Waals surface area (Å²) in [4.78, 5) is 2.57. The molecule has 0 amide bonds. The number of benzene rings is 1. The Morgan fingerprint density at radius 3 is 1.95 bits per heavy atom. The molecule has 0 aromatic heterocycles. The van der Waals surface area contributed by atoms with Crippen LogP contribution >= 0.6 is 0 Å². The number of rotatable bonds is 8. The highest BCUT2D eigenvalue weighted by Gasteiger charge is 2.31. The highest BCUT2D eigenvalue weighted by atomic mass is 15.2. The van der Waals surface area contributed by atoms with E-state index in [-0.39, 0.29) is 0 Å². The zero-order valence-electron chi connectivity index (χ0n) is 14.9. The van der Waals surface area contributed by atoms with E-state index in [0.717, 1.165) is 6.54 Å². The molecule has 3 atom stereocenters. The largest absolute Gasteiger partial charge is 0.309 e. The first-order valence-corrected chi connectivity index (χ1v) is 8.40. The fourth-order valence-corrected chi connectivity index (χ4v) is 3.15. The second kappa shape index (κ2) is 8.55. The van der Waals surface area contributed by atoms with Crippen molar-refractivity contribution in [2.24, 2.45) is 11.8 Å². The predicted octanol–water partition coefficient (Wildman–Crippen LogP) is 4.34. The van der Waals surface area contributed by atoms with Gasteiger partial charge in [0, 0.05) is 18.1 Å². The molecule has 120 valence electrons. The summed E-state index contributed by atoms with van der Waals surface area (Å²) in [6.45, 7) is 14.8. The Balaban J connectivity index is 3.09. The lowest BCUT2D eigenvalue weighted by molar-refractivity contribution is 0.0865. The first-order chi connectivity index (χ1) is 9.90. The van der Waals surface area contributed by atoms with E-state index in [2.05, 4.69) is 89.1 Å². The average Bonchev–Trinajstić information content (AvgIpc) is 2.46. The van der Waals surface area contributed by atoms with E-state index in [1.54, 1.807) is 0 Å². The zero-order chi connectivity index (χ0) is 16.0. The third-order valence-electron chi connectivity index (χ3n) is 4.68. The van der Waals surface area contributed by atoms with Crippen molar-refractivity contribution in [1.82, 2.24) is 10.2 Å². The van der Waals surface area contributed by atoms with Gasteiger partial charge in [0.05, 0.1) is 0 Å². The van der Waals surface area contributed by atoms with Gasteiger partial charge in [0.2, 0.25) is 0 Å². The van der Waals surface area contributed by atoms with Gasteiger partial charge < -0.3 is 5.32 Å². The summed E-state index contributed by atoms with van der Waals surface area (Å²) in [5.41, 5.74) is 1.39. The molecule has 0 saturated carbocycles. The van der Waals surface area contributed by atoms with Crippen LogP contribution in [0.2, 0.25) is 0 Å². The summed E-state index contributed by atoms with van der Waals surface area (Å²) in [6, 6.07) is 12.3. The molecule has 0 radical (unpaired) electrons. The molecule has 0 saturated heterocycles. The maximum atomic E-state index is 3.71. The molecule has 0 fully saturated rings. The Bertz CT molecular complexity index is 386. The summed E-state index contributed by atoms with van der Waals surface area (Å²) < 4.78 is 0. The molecule has 0 bridgehead atoms. The Morgan fingerprint density at radius 1 is 0.952 bits per heavy atom. The minimum absolute atomic E-state index is 0.377.